The van der Waals surface area contributed by atoms with Gasteiger partial charge in [-0.15, -0.1) is 0 Å². The van der Waals surface area contributed by atoms with Crippen molar-refractivity contribution in [2.75, 3.05) is 11.9 Å². The van der Waals surface area contributed by atoms with Crippen molar-refractivity contribution < 1.29 is 4.92 Å². The van der Waals surface area contributed by atoms with Gasteiger partial charge in [0.2, 0.25) is 0 Å². The standard InChI is InChI=1S/C14H19N5O2/c1-9(2)14(3,7-15)18-13-11-6-10(19(20)21)4-5-12(11)16-8-17-13/h4-6,8-9H,7,15H2,1-3H3,(H,16,17,18). The van der Waals surface area contributed by atoms with Gasteiger partial charge in [-0.05, 0) is 18.9 Å². The molecule has 112 valence electrons. The molecule has 0 spiro atoms. The van der Waals surface area contributed by atoms with E-state index in [1.807, 2.05) is 6.92 Å². The first kappa shape index (κ1) is 15.1. The third kappa shape index (κ3) is 2.92. The molecule has 0 aliphatic heterocycles. The van der Waals surface area contributed by atoms with Gasteiger partial charge < -0.3 is 11.1 Å². The lowest BCUT2D eigenvalue weighted by Gasteiger charge is -2.34. The van der Waals surface area contributed by atoms with Crippen molar-refractivity contribution in [1.29, 1.82) is 0 Å². The lowest BCUT2D eigenvalue weighted by atomic mass is 9.88. The van der Waals surface area contributed by atoms with Crippen LogP contribution in [0.1, 0.15) is 20.8 Å². The van der Waals surface area contributed by atoms with E-state index < -0.39 is 4.92 Å². The van der Waals surface area contributed by atoms with E-state index in [1.165, 1.54) is 18.5 Å². The number of fused-ring (bicyclic) bond motifs is 1. The lowest BCUT2D eigenvalue weighted by Crippen LogP contribution is -2.47. The molecule has 1 aromatic carbocycles. The summed E-state index contributed by atoms with van der Waals surface area (Å²) in [5.74, 6) is 0.830. The highest BCUT2D eigenvalue weighted by atomic mass is 16.6. The largest absolute Gasteiger partial charge is 0.363 e. The molecule has 2 aromatic rings. The summed E-state index contributed by atoms with van der Waals surface area (Å²) in [5, 5.41) is 14.9. The average molecular weight is 289 g/mol. The maximum atomic E-state index is 10.9. The van der Waals surface area contributed by atoms with E-state index in [-0.39, 0.29) is 17.1 Å². The molecule has 1 aromatic heterocycles. The lowest BCUT2D eigenvalue weighted by molar-refractivity contribution is -0.384. The van der Waals surface area contributed by atoms with Gasteiger partial charge in [0.1, 0.15) is 12.1 Å². The van der Waals surface area contributed by atoms with Gasteiger partial charge in [-0.2, -0.15) is 0 Å². The van der Waals surface area contributed by atoms with Gasteiger partial charge >= 0.3 is 0 Å². The van der Waals surface area contributed by atoms with Crippen LogP contribution in [0.2, 0.25) is 0 Å². The first-order valence-electron chi connectivity index (χ1n) is 6.75. The van der Waals surface area contributed by atoms with Crippen LogP contribution in [0, 0.1) is 16.0 Å². The van der Waals surface area contributed by atoms with E-state index in [0.717, 1.165) is 0 Å². The minimum Gasteiger partial charge on any atom is -0.363 e. The molecule has 0 aliphatic carbocycles. The molecule has 2 rings (SSSR count). The number of nitrogens with one attached hydrogen (secondary N) is 1. The van der Waals surface area contributed by atoms with E-state index in [0.29, 0.717) is 23.3 Å². The number of anilines is 1. The summed E-state index contributed by atoms with van der Waals surface area (Å²) in [6.07, 6.45) is 1.44. The molecule has 7 nitrogen and oxygen atoms in total. The van der Waals surface area contributed by atoms with Crippen LogP contribution in [0.25, 0.3) is 10.9 Å². The second-order valence-electron chi connectivity index (χ2n) is 5.58. The van der Waals surface area contributed by atoms with E-state index in [2.05, 4.69) is 29.1 Å². The van der Waals surface area contributed by atoms with E-state index in [1.54, 1.807) is 6.07 Å². The molecule has 0 fully saturated rings. The third-order valence-electron chi connectivity index (χ3n) is 3.93. The van der Waals surface area contributed by atoms with Crippen molar-refractivity contribution in [2.24, 2.45) is 11.7 Å². The number of nitro groups is 1. The van der Waals surface area contributed by atoms with Crippen molar-refractivity contribution >= 4 is 22.4 Å². The maximum Gasteiger partial charge on any atom is 0.270 e. The third-order valence-corrected chi connectivity index (χ3v) is 3.93. The van der Waals surface area contributed by atoms with Crippen molar-refractivity contribution in [3.05, 3.63) is 34.6 Å². The Morgan fingerprint density at radius 2 is 2.14 bits per heavy atom. The van der Waals surface area contributed by atoms with Crippen molar-refractivity contribution in [3.8, 4) is 0 Å². The number of hydrogen-bond acceptors (Lipinski definition) is 6. The molecule has 1 heterocycles. The van der Waals surface area contributed by atoms with Crippen LogP contribution in [-0.4, -0.2) is 27.0 Å². The fourth-order valence-corrected chi connectivity index (χ4v) is 1.96. The number of aromatic nitrogens is 2. The Hall–Kier alpha value is -2.28. The number of nitrogens with two attached hydrogens (primary N) is 1. The quantitative estimate of drug-likeness (QED) is 0.646. The summed E-state index contributed by atoms with van der Waals surface area (Å²) in [6, 6.07) is 4.54. The average Bonchev–Trinajstić information content (AvgIpc) is 2.46. The minimum absolute atomic E-state index is 0.0133. The predicted molar refractivity (Wildman–Crippen MR) is 82.1 cm³/mol. The zero-order chi connectivity index (χ0) is 15.6. The molecule has 0 saturated carbocycles. The van der Waals surface area contributed by atoms with Gasteiger partial charge in [-0.3, -0.25) is 10.1 Å². The summed E-state index contributed by atoms with van der Waals surface area (Å²) in [5.41, 5.74) is 6.18. The van der Waals surface area contributed by atoms with Gasteiger partial charge in [0, 0.05) is 24.1 Å². The number of rotatable bonds is 5. The Labute approximate surface area is 122 Å². The van der Waals surface area contributed by atoms with Crippen molar-refractivity contribution in [1.82, 2.24) is 9.97 Å². The van der Waals surface area contributed by atoms with Crippen LogP contribution in [0.3, 0.4) is 0 Å². The maximum absolute atomic E-state index is 10.9. The SMILES string of the molecule is CC(C)C(C)(CN)Nc1ncnc2ccc([N+](=O)[O-])cc12. The van der Waals surface area contributed by atoms with Crippen LogP contribution in [-0.2, 0) is 0 Å². The number of benzene rings is 1. The monoisotopic (exact) mass is 289 g/mol. The molecule has 0 saturated heterocycles. The molecule has 0 aliphatic rings. The molecule has 0 bridgehead atoms. The van der Waals surface area contributed by atoms with Crippen molar-refractivity contribution in [3.63, 3.8) is 0 Å². The van der Waals surface area contributed by atoms with Crippen LogP contribution in [0.4, 0.5) is 11.5 Å². The normalized spacial score (nSPS) is 14.1. The van der Waals surface area contributed by atoms with Crippen LogP contribution < -0.4 is 11.1 Å². The Morgan fingerprint density at radius 3 is 2.71 bits per heavy atom. The van der Waals surface area contributed by atoms with Gasteiger partial charge in [0.05, 0.1) is 16.0 Å². The highest BCUT2D eigenvalue weighted by Crippen LogP contribution is 2.28. The molecule has 1 atom stereocenters. The Bertz CT molecular complexity index is 673. The Morgan fingerprint density at radius 1 is 1.43 bits per heavy atom. The van der Waals surface area contributed by atoms with Crippen LogP contribution in [0.5, 0.6) is 0 Å². The summed E-state index contributed by atoms with van der Waals surface area (Å²) in [4.78, 5) is 18.9. The van der Waals surface area contributed by atoms with Gasteiger partial charge in [0.15, 0.2) is 0 Å². The van der Waals surface area contributed by atoms with Gasteiger partial charge in [-0.1, -0.05) is 13.8 Å². The zero-order valence-corrected chi connectivity index (χ0v) is 12.3. The predicted octanol–water partition coefficient (Wildman–Crippen LogP) is 2.32. The molecule has 1 unspecified atom stereocenters. The highest BCUT2D eigenvalue weighted by molar-refractivity contribution is 5.90. The van der Waals surface area contributed by atoms with E-state index >= 15 is 0 Å². The molecular weight excluding hydrogens is 270 g/mol. The number of hydrogen-bond donors (Lipinski definition) is 2. The highest BCUT2D eigenvalue weighted by Gasteiger charge is 2.27. The van der Waals surface area contributed by atoms with Crippen LogP contribution in [0.15, 0.2) is 24.5 Å². The topological polar surface area (TPSA) is 107 Å². The second-order valence-corrected chi connectivity index (χ2v) is 5.58. The Kier molecular flexibility index (Phi) is 4.04. The van der Waals surface area contributed by atoms with Crippen molar-refractivity contribution in [2.45, 2.75) is 26.3 Å². The second kappa shape index (κ2) is 5.61. The summed E-state index contributed by atoms with van der Waals surface area (Å²) in [6.45, 7) is 6.55. The number of non-ortho nitro benzene ring substituents is 1. The fourth-order valence-electron chi connectivity index (χ4n) is 1.96. The molecular formula is C14H19N5O2. The molecule has 0 amide bonds. The van der Waals surface area contributed by atoms with E-state index in [4.69, 9.17) is 5.73 Å². The number of nitro benzene ring substituents is 1. The first-order chi connectivity index (χ1) is 9.87. The molecule has 3 N–H and O–H groups in total. The minimum atomic E-state index is -0.430. The summed E-state index contributed by atoms with van der Waals surface area (Å²) < 4.78 is 0. The summed E-state index contributed by atoms with van der Waals surface area (Å²) >= 11 is 0. The zero-order valence-electron chi connectivity index (χ0n) is 12.3. The van der Waals surface area contributed by atoms with Gasteiger partial charge in [-0.25, -0.2) is 9.97 Å². The smallest absolute Gasteiger partial charge is 0.270 e. The first-order valence-corrected chi connectivity index (χ1v) is 6.75. The van der Waals surface area contributed by atoms with Crippen LogP contribution >= 0.6 is 0 Å². The molecule has 21 heavy (non-hydrogen) atoms. The fraction of sp³-hybridized carbons (Fsp3) is 0.429. The Balaban J connectivity index is 2.53. The van der Waals surface area contributed by atoms with E-state index in [9.17, 15) is 10.1 Å². The molecule has 0 radical (unpaired) electrons. The molecule has 7 heteroatoms. The van der Waals surface area contributed by atoms with Gasteiger partial charge in [0.25, 0.3) is 5.69 Å². The summed E-state index contributed by atoms with van der Waals surface area (Å²) in [7, 11) is 0. The number of nitrogens with zero attached hydrogens (tertiary/aromatic N) is 3.